The van der Waals surface area contributed by atoms with Crippen molar-refractivity contribution in [3.05, 3.63) is 84.4 Å². The molecule has 0 heterocycles. The molecule has 3 rings (SSSR count). The Morgan fingerprint density at radius 3 is 2.07 bits per heavy atom. The standard InChI is InChI=1S/C23H22O4/c1-25-23(24)20-13-6-8-15-22(20)27-17-9-16-26-21-14-7-5-12-19(21)18-10-3-2-4-11-18/h2-8,10-15H,9,16-17H2,1H3. The number of rotatable bonds is 8. The molecule has 0 spiro atoms. The monoisotopic (exact) mass is 362 g/mol. The van der Waals surface area contributed by atoms with Gasteiger partial charge in [0, 0.05) is 12.0 Å². The van der Waals surface area contributed by atoms with Gasteiger partial charge in [-0.25, -0.2) is 4.79 Å². The molecule has 0 bridgehead atoms. The fourth-order valence-electron chi connectivity index (χ4n) is 2.74. The van der Waals surface area contributed by atoms with E-state index >= 15 is 0 Å². The molecular weight excluding hydrogens is 340 g/mol. The highest BCUT2D eigenvalue weighted by molar-refractivity contribution is 5.92. The molecule has 0 aliphatic heterocycles. The number of benzene rings is 3. The zero-order valence-electron chi connectivity index (χ0n) is 15.3. The lowest BCUT2D eigenvalue weighted by atomic mass is 10.1. The fourth-order valence-corrected chi connectivity index (χ4v) is 2.74. The van der Waals surface area contributed by atoms with Gasteiger partial charge in [-0.05, 0) is 23.8 Å². The third-order valence-corrected chi connectivity index (χ3v) is 4.07. The van der Waals surface area contributed by atoms with Gasteiger partial charge in [0.15, 0.2) is 0 Å². The quantitative estimate of drug-likeness (QED) is 0.418. The molecule has 4 heteroatoms. The van der Waals surface area contributed by atoms with Crippen LogP contribution in [0.25, 0.3) is 11.1 Å². The van der Waals surface area contributed by atoms with Crippen molar-refractivity contribution in [3.8, 4) is 22.6 Å². The van der Waals surface area contributed by atoms with E-state index in [-0.39, 0.29) is 0 Å². The molecule has 0 aliphatic rings. The molecular formula is C23H22O4. The molecule has 0 fully saturated rings. The van der Waals surface area contributed by atoms with Crippen LogP contribution in [-0.4, -0.2) is 26.3 Å². The van der Waals surface area contributed by atoms with Gasteiger partial charge in [0.05, 0.1) is 20.3 Å². The van der Waals surface area contributed by atoms with Crippen molar-refractivity contribution in [2.24, 2.45) is 0 Å². The van der Waals surface area contributed by atoms with Crippen molar-refractivity contribution >= 4 is 5.97 Å². The Kier molecular flexibility index (Phi) is 6.47. The first kappa shape index (κ1) is 18.5. The lowest BCUT2D eigenvalue weighted by Crippen LogP contribution is -2.09. The third-order valence-electron chi connectivity index (χ3n) is 4.07. The Hall–Kier alpha value is -3.27. The van der Waals surface area contributed by atoms with E-state index in [9.17, 15) is 4.79 Å². The second-order valence-corrected chi connectivity index (χ2v) is 5.90. The van der Waals surface area contributed by atoms with Crippen LogP contribution in [0.5, 0.6) is 11.5 Å². The maximum absolute atomic E-state index is 11.8. The van der Waals surface area contributed by atoms with Gasteiger partial charge < -0.3 is 14.2 Å². The lowest BCUT2D eigenvalue weighted by molar-refractivity contribution is 0.0596. The van der Waals surface area contributed by atoms with E-state index in [1.54, 1.807) is 18.2 Å². The largest absolute Gasteiger partial charge is 0.493 e. The van der Waals surface area contributed by atoms with E-state index in [0.29, 0.717) is 30.9 Å². The van der Waals surface area contributed by atoms with E-state index in [1.165, 1.54) is 7.11 Å². The maximum atomic E-state index is 11.8. The van der Waals surface area contributed by atoms with Gasteiger partial charge in [-0.1, -0.05) is 60.7 Å². The Morgan fingerprint density at radius 2 is 1.33 bits per heavy atom. The first-order chi connectivity index (χ1) is 13.3. The predicted molar refractivity (Wildman–Crippen MR) is 105 cm³/mol. The molecule has 4 nitrogen and oxygen atoms in total. The minimum absolute atomic E-state index is 0.404. The maximum Gasteiger partial charge on any atom is 0.341 e. The van der Waals surface area contributed by atoms with Crippen molar-refractivity contribution in [1.29, 1.82) is 0 Å². The molecule has 138 valence electrons. The molecule has 27 heavy (non-hydrogen) atoms. The van der Waals surface area contributed by atoms with E-state index in [4.69, 9.17) is 14.2 Å². The SMILES string of the molecule is COC(=O)c1ccccc1OCCCOc1ccccc1-c1ccccc1. The average molecular weight is 362 g/mol. The summed E-state index contributed by atoms with van der Waals surface area (Å²) in [4.78, 5) is 11.8. The number of hydrogen-bond acceptors (Lipinski definition) is 4. The summed E-state index contributed by atoms with van der Waals surface area (Å²) in [6.07, 6.45) is 0.693. The highest BCUT2D eigenvalue weighted by Gasteiger charge is 2.12. The van der Waals surface area contributed by atoms with E-state index < -0.39 is 5.97 Å². The summed E-state index contributed by atoms with van der Waals surface area (Å²) < 4.78 is 16.5. The zero-order chi connectivity index (χ0) is 18.9. The summed E-state index contributed by atoms with van der Waals surface area (Å²) in [5.74, 6) is 0.964. The van der Waals surface area contributed by atoms with Crippen molar-refractivity contribution in [1.82, 2.24) is 0 Å². The molecule has 0 saturated carbocycles. The smallest absolute Gasteiger partial charge is 0.341 e. The van der Waals surface area contributed by atoms with Gasteiger partial charge in [-0.2, -0.15) is 0 Å². The highest BCUT2D eigenvalue weighted by atomic mass is 16.5. The Bertz CT molecular complexity index is 874. The number of carbonyl (C=O) groups is 1. The molecule has 0 N–H and O–H groups in total. The first-order valence-electron chi connectivity index (χ1n) is 8.87. The number of para-hydroxylation sites is 2. The zero-order valence-corrected chi connectivity index (χ0v) is 15.3. The molecule has 0 unspecified atom stereocenters. The van der Waals surface area contributed by atoms with Crippen molar-refractivity contribution < 1.29 is 19.0 Å². The van der Waals surface area contributed by atoms with Crippen molar-refractivity contribution in [2.75, 3.05) is 20.3 Å². The van der Waals surface area contributed by atoms with Crippen LogP contribution >= 0.6 is 0 Å². The first-order valence-corrected chi connectivity index (χ1v) is 8.87. The van der Waals surface area contributed by atoms with Crippen LogP contribution in [0.4, 0.5) is 0 Å². The fraction of sp³-hybridized carbons (Fsp3) is 0.174. The van der Waals surface area contributed by atoms with Gasteiger partial charge in [0.2, 0.25) is 0 Å². The van der Waals surface area contributed by atoms with Crippen LogP contribution in [0, 0.1) is 0 Å². The van der Waals surface area contributed by atoms with Crippen LogP contribution in [0.3, 0.4) is 0 Å². The third kappa shape index (κ3) is 4.88. The Balaban J connectivity index is 1.54. The van der Waals surface area contributed by atoms with Crippen molar-refractivity contribution in [2.45, 2.75) is 6.42 Å². The molecule has 3 aromatic rings. The van der Waals surface area contributed by atoms with Crippen molar-refractivity contribution in [3.63, 3.8) is 0 Å². The number of carbonyl (C=O) groups excluding carboxylic acids is 1. The lowest BCUT2D eigenvalue weighted by Gasteiger charge is -2.13. The minimum Gasteiger partial charge on any atom is -0.493 e. The second kappa shape index (κ2) is 9.43. The molecule has 0 aliphatic carbocycles. The van der Waals surface area contributed by atoms with Gasteiger partial charge in [0.25, 0.3) is 0 Å². The normalized spacial score (nSPS) is 10.3. The summed E-state index contributed by atoms with van der Waals surface area (Å²) in [7, 11) is 1.36. The van der Waals surface area contributed by atoms with E-state index in [1.807, 2.05) is 48.5 Å². The summed E-state index contributed by atoms with van der Waals surface area (Å²) in [5.41, 5.74) is 2.61. The van der Waals surface area contributed by atoms with Crippen LogP contribution in [-0.2, 0) is 4.74 Å². The Labute approximate surface area is 159 Å². The predicted octanol–water partition coefficient (Wildman–Crippen LogP) is 4.99. The van der Waals surface area contributed by atoms with E-state index in [0.717, 1.165) is 16.9 Å². The van der Waals surface area contributed by atoms with Gasteiger partial charge in [-0.3, -0.25) is 0 Å². The molecule has 0 amide bonds. The summed E-state index contributed by atoms with van der Waals surface area (Å²) in [6, 6.07) is 25.2. The summed E-state index contributed by atoms with van der Waals surface area (Å²) in [5, 5.41) is 0. The number of methoxy groups -OCH3 is 1. The minimum atomic E-state index is -0.404. The number of hydrogen-bond donors (Lipinski definition) is 0. The molecule has 0 atom stereocenters. The molecule has 0 radical (unpaired) electrons. The Morgan fingerprint density at radius 1 is 0.741 bits per heavy atom. The second-order valence-electron chi connectivity index (χ2n) is 5.90. The topological polar surface area (TPSA) is 44.8 Å². The van der Waals surface area contributed by atoms with Crippen LogP contribution in [0.1, 0.15) is 16.8 Å². The number of ether oxygens (including phenoxy) is 3. The van der Waals surface area contributed by atoms with Crippen LogP contribution in [0.2, 0.25) is 0 Å². The molecule has 0 saturated heterocycles. The van der Waals surface area contributed by atoms with E-state index in [2.05, 4.69) is 12.1 Å². The van der Waals surface area contributed by atoms with Gasteiger partial charge in [0.1, 0.15) is 17.1 Å². The van der Waals surface area contributed by atoms with Gasteiger partial charge in [-0.15, -0.1) is 0 Å². The van der Waals surface area contributed by atoms with Crippen LogP contribution < -0.4 is 9.47 Å². The van der Waals surface area contributed by atoms with Gasteiger partial charge >= 0.3 is 5.97 Å². The highest BCUT2D eigenvalue weighted by Crippen LogP contribution is 2.29. The average Bonchev–Trinajstić information content (AvgIpc) is 2.74. The summed E-state index contributed by atoms with van der Waals surface area (Å²) in [6.45, 7) is 0.964. The molecule has 3 aromatic carbocycles. The summed E-state index contributed by atoms with van der Waals surface area (Å²) >= 11 is 0. The number of esters is 1. The van der Waals surface area contributed by atoms with Crippen LogP contribution in [0.15, 0.2) is 78.9 Å². The molecule has 0 aromatic heterocycles.